The standard InChI is InChI=1S/C20H20N4O6S/c1-30-20(25)13-7-8-14(11-13)22-18-16-9-10-23(19(16)21-12-17(18)24(26)27)31(28,29)15-5-3-2-4-6-15/h2-6,9-10,12-14H,7-8,11H2,1H3,(H,21,22)/t13-,14+/m0/s1. The van der Waals surface area contributed by atoms with Gasteiger partial charge in [-0.15, -0.1) is 0 Å². The van der Waals surface area contributed by atoms with Gasteiger partial charge >= 0.3 is 11.7 Å². The molecule has 0 amide bonds. The van der Waals surface area contributed by atoms with E-state index >= 15 is 0 Å². The Morgan fingerprint density at radius 1 is 1.26 bits per heavy atom. The number of nitrogens with zero attached hydrogens (tertiary/aromatic N) is 3. The zero-order valence-corrected chi connectivity index (χ0v) is 17.4. The summed E-state index contributed by atoms with van der Waals surface area (Å²) in [6.07, 6.45) is 4.09. The molecule has 0 unspecified atom stereocenters. The molecule has 2 heterocycles. The van der Waals surface area contributed by atoms with Crippen LogP contribution in [0.1, 0.15) is 19.3 Å². The average Bonchev–Trinajstić information content (AvgIpc) is 3.41. The predicted octanol–water partition coefficient (Wildman–Crippen LogP) is 2.94. The molecule has 10 nitrogen and oxygen atoms in total. The third-order valence-electron chi connectivity index (χ3n) is 5.47. The lowest BCUT2D eigenvalue weighted by atomic mass is 10.1. The third kappa shape index (κ3) is 3.72. The highest BCUT2D eigenvalue weighted by atomic mass is 32.2. The van der Waals surface area contributed by atoms with Gasteiger partial charge in [0.25, 0.3) is 10.0 Å². The summed E-state index contributed by atoms with van der Waals surface area (Å²) in [6, 6.07) is 9.17. The smallest absolute Gasteiger partial charge is 0.311 e. The summed E-state index contributed by atoms with van der Waals surface area (Å²) in [5.41, 5.74) is 0.0101. The molecule has 1 aliphatic carbocycles. The van der Waals surface area contributed by atoms with Crippen LogP contribution in [0.2, 0.25) is 0 Å². The Bertz CT molecular complexity index is 1260. The summed E-state index contributed by atoms with van der Waals surface area (Å²) < 4.78 is 31.9. The van der Waals surface area contributed by atoms with Crippen LogP contribution in [0.5, 0.6) is 0 Å². The molecule has 4 rings (SSSR count). The number of carbonyl (C=O) groups is 1. The number of carbonyl (C=O) groups excluding carboxylic acids is 1. The zero-order valence-electron chi connectivity index (χ0n) is 16.6. The molecule has 1 fully saturated rings. The van der Waals surface area contributed by atoms with E-state index in [1.54, 1.807) is 18.2 Å². The van der Waals surface area contributed by atoms with Crippen molar-refractivity contribution in [2.45, 2.75) is 30.2 Å². The van der Waals surface area contributed by atoms with Gasteiger partial charge in [-0.1, -0.05) is 18.2 Å². The first-order valence-electron chi connectivity index (χ1n) is 9.62. The molecule has 2 aromatic heterocycles. The molecule has 0 spiro atoms. The molecule has 1 aliphatic rings. The van der Waals surface area contributed by atoms with Crippen molar-refractivity contribution in [3.05, 3.63) is 58.9 Å². The second-order valence-corrected chi connectivity index (χ2v) is 9.13. The lowest BCUT2D eigenvalue weighted by Gasteiger charge is -2.15. The molecule has 162 valence electrons. The lowest BCUT2D eigenvalue weighted by molar-refractivity contribution is -0.384. The summed E-state index contributed by atoms with van der Waals surface area (Å²) >= 11 is 0. The van der Waals surface area contributed by atoms with Crippen LogP contribution in [0.4, 0.5) is 11.4 Å². The van der Waals surface area contributed by atoms with Crippen molar-refractivity contribution in [2.24, 2.45) is 5.92 Å². The number of aromatic nitrogens is 2. The van der Waals surface area contributed by atoms with Gasteiger partial charge in [0.05, 0.1) is 28.2 Å². The number of fused-ring (bicyclic) bond motifs is 1. The number of benzene rings is 1. The Balaban J connectivity index is 1.76. The highest BCUT2D eigenvalue weighted by Gasteiger charge is 2.33. The summed E-state index contributed by atoms with van der Waals surface area (Å²) in [6.45, 7) is 0. The molecule has 11 heteroatoms. The maximum absolute atomic E-state index is 13.1. The number of nitrogens with one attached hydrogen (secondary N) is 1. The molecule has 3 aromatic rings. The highest BCUT2D eigenvalue weighted by molar-refractivity contribution is 7.90. The SMILES string of the molecule is COC(=O)[C@H]1CC[C@@H](Nc2c([N+](=O)[O-])cnc3c2ccn3S(=O)(=O)c2ccccc2)C1. The Morgan fingerprint density at radius 2 is 2.00 bits per heavy atom. The van der Waals surface area contributed by atoms with Crippen LogP contribution in [-0.2, 0) is 19.6 Å². The first kappa shape index (κ1) is 20.8. The maximum Gasteiger partial charge on any atom is 0.311 e. The van der Waals surface area contributed by atoms with E-state index in [-0.39, 0.29) is 39.8 Å². The second-order valence-electron chi connectivity index (χ2n) is 7.32. The van der Waals surface area contributed by atoms with Gasteiger partial charge < -0.3 is 10.1 Å². The first-order valence-corrected chi connectivity index (χ1v) is 11.1. The Morgan fingerprint density at radius 3 is 2.68 bits per heavy atom. The number of pyridine rings is 1. The molecule has 1 saturated carbocycles. The number of anilines is 1. The molecule has 0 saturated heterocycles. The fourth-order valence-electron chi connectivity index (χ4n) is 3.94. The van der Waals surface area contributed by atoms with Crippen molar-refractivity contribution >= 4 is 38.4 Å². The van der Waals surface area contributed by atoms with Gasteiger partial charge in [0, 0.05) is 12.2 Å². The van der Waals surface area contributed by atoms with Gasteiger partial charge in [0.15, 0.2) is 5.65 Å². The number of nitro groups is 1. The maximum atomic E-state index is 13.1. The zero-order chi connectivity index (χ0) is 22.2. The van der Waals surface area contributed by atoms with E-state index in [9.17, 15) is 23.3 Å². The summed E-state index contributed by atoms with van der Waals surface area (Å²) in [4.78, 5) is 27.0. The van der Waals surface area contributed by atoms with Gasteiger partial charge in [0.2, 0.25) is 0 Å². The van der Waals surface area contributed by atoms with Gasteiger partial charge in [0.1, 0.15) is 11.9 Å². The average molecular weight is 444 g/mol. The molecule has 1 aromatic carbocycles. The first-order chi connectivity index (χ1) is 14.8. The fourth-order valence-corrected chi connectivity index (χ4v) is 5.26. The van der Waals surface area contributed by atoms with Gasteiger partial charge in [-0.05, 0) is 37.5 Å². The van der Waals surface area contributed by atoms with Crippen molar-refractivity contribution in [3.63, 3.8) is 0 Å². The second kappa shape index (κ2) is 7.99. The van der Waals surface area contributed by atoms with Crippen LogP contribution in [-0.4, -0.2) is 41.4 Å². The number of rotatable bonds is 6. The highest BCUT2D eigenvalue weighted by Crippen LogP contribution is 2.37. The molecule has 2 atom stereocenters. The van der Waals surface area contributed by atoms with Crippen molar-refractivity contribution in [1.82, 2.24) is 8.96 Å². The van der Waals surface area contributed by atoms with Crippen molar-refractivity contribution in [1.29, 1.82) is 0 Å². The molecule has 0 radical (unpaired) electrons. The van der Waals surface area contributed by atoms with Crippen LogP contribution >= 0.6 is 0 Å². The van der Waals surface area contributed by atoms with E-state index in [4.69, 9.17) is 4.74 Å². The van der Waals surface area contributed by atoms with Crippen LogP contribution in [0, 0.1) is 16.0 Å². The van der Waals surface area contributed by atoms with E-state index in [2.05, 4.69) is 10.3 Å². The topological polar surface area (TPSA) is 133 Å². The number of hydrogen-bond acceptors (Lipinski definition) is 8. The monoisotopic (exact) mass is 444 g/mol. The minimum atomic E-state index is -3.93. The number of esters is 1. The largest absolute Gasteiger partial charge is 0.469 e. The lowest BCUT2D eigenvalue weighted by Crippen LogP contribution is -2.20. The molecular weight excluding hydrogens is 424 g/mol. The summed E-state index contributed by atoms with van der Waals surface area (Å²) in [7, 11) is -2.60. The third-order valence-corrected chi connectivity index (χ3v) is 7.15. The van der Waals surface area contributed by atoms with Crippen molar-refractivity contribution in [2.75, 3.05) is 12.4 Å². The van der Waals surface area contributed by atoms with Crippen molar-refractivity contribution < 1.29 is 22.9 Å². The van der Waals surface area contributed by atoms with E-state index in [1.807, 2.05) is 0 Å². The van der Waals surface area contributed by atoms with Gasteiger partial charge in [-0.2, -0.15) is 0 Å². The van der Waals surface area contributed by atoms with E-state index in [0.717, 1.165) is 10.2 Å². The van der Waals surface area contributed by atoms with Crippen LogP contribution in [0.15, 0.2) is 53.7 Å². The Kier molecular flexibility index (Phi) is 5.36. The molecule has 31 heavy (non-hydrogen) atoms. The van der Waals surface area contributed by atoms with Crippen molar-refractivity contribution in [3.8, 4) is 0 Å². The van der Waals surface area contributed by atoms with Crippen LogP contribution < -0.4 is 5.32 Å². The summed E-state index contributed by atoms with van der Waals surface area (Å²) in [5.74, 6) is -0.583. The van der Waals surface area contributed by atoms with Crippen LogP contribution in [0.3, 0.4) is 0 Å². The van der Waals surface area contributed by atoms with E-state index in [0.29, 0.717) is 24.6 Å². The molecular formula is C20H20N4O6S. The minimum Gasteiger partial charge on any atom is -0.469 e. The van der Waals surface area contributed by atoms with Gasteiger partial charge in [-0.25, -0.2) is 17.4 Å². The van der Waals surface area contributed by atoms with E-state index < -0.39 is 14.9 Å². The molecule has 1 N–H and O–H groups in total. The number of ether oxygens (including phenoxy) is 1. The number of hydrogen-bond donors (Lipinski definition) is 1. The number of methoxy groups -OCH3 is 1. The normalized spacial score (nSPS) is 18.7. The molecule has 0 bridgehead atoms. The predicted molar refractivity (Wildman–Crippen MR) is 112 cm³/mol. The summed E-state index contributed by atoms with van der Waals surface area (Å²) in [5, 5.41) is 15.1. The van der Waals surface area contributed by atoms with Gasteiger partial charge in [-0.3, -0.25) is 14.9 Å². The fraction of sp³-hybridized carbons (Fsp3) is 0.300. The Hall–Kier alpha value is -3.47. The Labute approximate surface area is 178 Å². The van der Waals surface area contributed by atoms with Crippen LogP contribution in [0.25, 0.3) is 11.0 Å². The van der Waals surface area contributed by atoms with E-state index in [1.165, 1.54) is 31.5 Å². The molecule has 0 aliphatic heterocycles. The minimum absolute atomic E-state index is 0.0823. The quantitative estimate of drug-likeness (QED) is 0.348.